The molecule has 0 saturated heterocycles. The van der Waals surface area contributed by atoms with Gasteiger partial charge in [0.05, 0.1) is 32.7 Å². The summed E-state index contributed by atoms with van der Waals surface area (Å²) in [5, 5.41) is 15.9. The fourth-order valence-electron chi connectivity index (χ4n) is 3.69. The van der Waals surface area contributed by atoms with E-state index in [4.69, 9.17) is 14.5 Å². The first-order chi connectivity index (χ1) is 18.0. The summed E-state index contributed by atoms with van der Waals surface area (Å²) < 4.78 is 14.4. The largest absolute Gasteiger partial charge is 0.493 e. The van der Waals surface area contributed by atoms with E-state index in [1.54, 1.807) is 37.6 Å². The molecule has 0 fully saturated rings. The molecule has 0 radical (unpaired) electrons. The van der Waals surface area contributed by atoms with Gasteiger partial charge in [-0.1, -0.05) is 36.7 Å². The van der Waals surface area contributed by atoms with Crippen molar-refractivity contribution in [2.24, 2.45) is 5.10 Å². The smallest absolute Gasteiger partial charge is 0.282 e. The van der Waals surface area contributed by atoms with Crippen molar-refractivity contribution in [3.8, 4) is 11.5 Å². The molecule has 0 unspecified atom stereocenters. The lowest BCUT2D eigenvalue weighted by Gasteiger charge is -2.21. The molecule has 3 aromatic carbocycles. The van der Waals surface area contributed by atoms with E-state index in [1.807, 2.05) is 39.0 Å². The number of nitro benzene ring substituents is 1. The summed E-state index contributed by atoms with van der Waals surface area (Å²) >= 11 is 5.57. The van der Waals surface area contributed by atoms with Crippen LogP contribution in [0.2, 0.25) is 0 Å². The molecule has 0 N–H and O–H groups in total. The van der Waals surface area contributed by atoms with Gasteiger partial charge in [0.2, 0.25) is 0 Å². The molecule has 0 saturated carbocycles. The molecule has 0 aliphatic carbocycles. The van der Waals surface area contributed by atoms with Crippen LogP contribution in [0.25, 0.3) is 10.9 Å². The SMILES string of the molecule is COc1cc(C=Nn2c(C(C)(C)C)nc3ccc(Br)cc3c2=O)cc(I)c1OCc1ccc([N+](=O)[O-])cc1. The first kappa shape index (κ1) is 27.7. The fraction of sp³-hybridized carbons (Fsp3) is 0.222. The summed E-state index contributed by atoms with van der Waals surface area (Å²) in [6, 6.07) is 15.2. The van der Waals surface area contributed by atoms with Gasteiger partial charge in [-0.2, -0.15) is 9.78 Å². The Bertz CT molecular complexity index is 1610. The summed E-state index contributed by atoms with van der Waals surface area (Å²) in [5.74, 6) is 1.57. The molecule has 0 amide bonds. The van der Waals surface area contributed by atoms with Crippen LogP contribution in [0.5, 0.6) is 11.5 Å². The lowest BCUT2D eigenvalue weighted by atomic mass is 9.95. The normalized spacial score (nSPS) is 11.7. The van der Waals surface area contributed by atoms with Crippen LogP contribution < -0.4 is 15.0 Å². The molecule has 1 aromatic heterocycles. The molecule has 1 heterocycles. The molecule has 9 nitrogen and oxygen atoms in total. The van der Waals surface area contributed by atoms with Gasteiger partial charge in [-0.3, -0.25) is 14.9 Å². The molecule has 38 heavy (non-hydrogen) atoms. The Kier molecular flexibility index (Phi) is 8.16. The van der Waals surface area contributed by atoms with Gasteiger partial charge in [0.15, 0.2) is 11.5 Å². The van der Waals surface area contributed by atoms with Gasteiger partial charge >= 0.3 is 0 Å². The molecule has 0 atom stereocenters. The van der Waals surface area contributed by atoms with Gasteiger partial charge in [-0.05, 0) is 76.2 Å². The number of rotatable bonds is 7. The van der Waals surface area contributed by atoms with E-state index in [-0.39, 0.29) is 17.9 Å². The lowest BCUT2D eigenvalue weighted by molar-refractivity contribution is -0.384. The number of hydrogen-bond donors (Lipinski definition) is 0. The van der Waals surface area contributed by atoms with Crippen LogP contribution in [0, 0.1) is 13.7 Å². The van der Waals surface area contributed by atoms with E-state index >= 15 is 0 Å². The van der Waals surface area contributed by atoms with Crippen LogP contribution in [-0.2, 0) is 12.0 Å². The maximum atomic E-state index is 13.4. The first-order valence-corrected chi connectivity index (χ1v) is 13.4. The van der Waals surface area contributed by atoms with E-state index in [0.717, 1.165) is 13.6 Å². The third-order valence-electron chi connectivity index (χ3n) is 5.58. The zero-order valence-corrected chi connectivity index (χ0v) is 24.8. The minimum atomic E-state index is -0.442. The Balaban J connectivity index is 1.67. The number of nitro groups is 1. The van der Waals surface area contributed by atoms with Gasteiger partial charge in [0, 0.05) is 22.0 Å². The number of fused-ring (bicyclic) bond motifs is 1. The van der Waals surface area contributed by atoms with Gasteiger partial charge < -0.3 is 9.47 Å². The highest BCUT2D eigenvalue weighted by Gasteiger charge is 2.23. The summed E-state index contributed by atoms with van der Waals surface area (Å²) in [6.45, 7) is 6.15. The van der Waals surface area contributed by atoms with Crippen LogP contribution in [-0.4, -0.2) is 27.9 Å². The van der Waals surface area contributed by atoms with E-state index in [2.05, 4.69) is 43.6 Å². The molecule has 11 heteroatoms. The molecule has 0 aliphatic rings. The number of hydrogen-bond acceptors (Lipinski definition) is 7. The Morgan fingerprint density at radius 1 is 1.16 bits per heavy atom. The number of benzene rings is 3. The van der Waals surface area contributed by atoms with Crippen molar-refractivity contribution in [1.82, 2.24) is 9.66 Å². The molecular formula is C27H24BrIN4O5. The average molecular weight is 691 g/mol. The fourth-order valence-corrected chi connectivity index (χ4v) is 4.83. The number of aromatic nitrogens is 2. The van der Waals surface area contributed by atoms with Crippen molar-refractivity contribution in [3.05, 3.63) is 100 Å². The van der Waals surface area contributed by atoms with Crippen molar-refractivity contribution >= 4 is 61.3 Å². The third-order valence-corrected chi connectivity index (χ3v) is 6.88. The zero-order valence-electron chi connectivity index (χ0n) is 21.1. The van der Waals surface area contributed by atoms with Crippen LogP contribution in [0.15, 0.2) is 69.0 Å². The van der Waals surface area contributed by atoms with Gasteiger partial charge in [-0.15, -0.1) is 0 Å². The molecule has 4 rings (SSSR count). The zero-order chi connectivity index (χ0) is 27.6. The second-order valence-corrected chi connectivity index (χ2v) is 11.5. The van der Waals surface area contributed by atoms with Crippen LogP contribution >= 0.6 is 38.5 Å². The van der Waals surface area contributed by atoms with Gasteiger partial charge in [0.1, 0.15) is 12.4 Å². The number of nitrogens with zero attached hydrogens (tertiary/aromatic N) is 4. The van der Waals surface area contributed by atoms with E-state index < -0.39 is 10.3 Å². The molecule has 196 valence electrons. The molecule has 0 aliphatic heterocycles. The van der Waals surface area contributed by atoms with Gasteiger partial charge in [-0.25, -0.2) is 4.98 Å². The average Bonchev–Trinajstić information content (AvgIpc) is 2.87. The predicted molar refractivity (Wildman–Crippen MR) is 159 cm³/mol. The highest BCUT2D eigenvalue weighted by Crippen LogP contribution is 2.34. The second-order valence-electron chi connectivity index (χ2n) is 9.45. The maximum absolute atomic E-state index is 13.4. The molecule has 4 aromatic rings. The number of methoxy groups -OCH3 is 1. The standard InChI is InChI=1S/C27H24BrIN4O5/c1-27(2,3)26-31-22-10-7-18(28)13-20(22)25(34)32(26)30-14-17-11-21(29)24(23(12-17)37-4)38-15-16-5-8-19(9-6-16)33(35)36/h5-14H,15H2,1-4H3. The van der Waals surface area contributed by atoms with Crippen LogP contribution in [0.1, 0.15) is 37.7 Å². The van der Waals surface area contributed by atoms with E-state index in [9.17, 15) is 14.9 Å². The number of ether oxygens (including phenoxy) is 2. The third kappa shape index (κ3) is 6.04. The second kappa shape index (κ2) is 11.2. The monoisotopic (exact) mass is 690 g/mol. The molecule has 0 bridgehead atoms. The van der Waals surface area contributed by atoms with Crippen LogP contribution in [0.4, 0.5) is 5.69 Å². The lowest BCUT2D eigenvalue weighted by Crippen LogP contribution is -2.29. The summed E-state index contributed by atoms with van der Waals surface area (Å²) in [5.41, 5.74) is 1.42. The Morgan fingerprint density at radius 3 is 2.50 bits per heavy atom. The minimum absolute atomic E-state index is 0.0209. The van der Waals surface area contributed by atoms with Crippen molar-refractivity contribution in [1.29, 1.82) is 0 Å². The van der Waals surface area contributed by atoms with Crippen molar-refractivity contribution < 1.29 is 14.4 Å². The van der Waals surface area contributed by atoms with Crippen molar-refractivity contribution in [2.45, 2.75) is 32.8 Å². The summed E-state index contributed by atoms with van der Waals surface area (Å²) in [7, 11) is 1.54. The topological polar surface area (TPSA) is 109 Å². The molecular weight excluding hydrogens is 667 g/mol. The van der Waals surface area contributed by atoms with Crippen LogP contribution in [0.3, 0.4) is 0 Å². The summed E-state index contributed by atoms with van der Waals surface area (Å²) in [4.78, 5) is 28.6. The molecule has 0 spiro atoms. The maximum Gasteiger partial charge on any atom is 0.282 e. The minimum Gasteiger partial charge on any atom is -0.493 e. The highest BCUT2D eigenvalue weighted by molar-refractivity contribution is 14.1. The Labute approximate surface area is 240 Å². The number of non-ortho nitro benzene ring substituents is 1. The summed E-state index contributed by atoms with van der Waals surface area (Å²) in [6.07, 6.45) is 1.59. The predicted octanol–water partition coefficient (Wildman–Crippen LogP) is 6.44. The highest BCUT2D eigenvalue weighted by atomic mass is 127. The number of halogens is 2. The van der Waals surface area contributed by atoms with Gasteiger partial charge in [0.25, 0.3) is 11.2 Å². The van der Waals surface area contributed by atoms with Crippen molar-refractivity contribution in [3.63, 3.8) is 0 Å². The Hall–Kier alpha value is -3.32. The quantitative estimate of drug-likeness (QED) is 0.0956. The Morgan fingerprint density at radius 2 is 1.87 bits per heavy atom. The van der Waals surface area contributed by atoms with E-state index in [0.29, 0.717) is 33.8 Å². The first-order valence-electron chi connectivity index (χ1n) is 11.5. The van der Waals surface area contributed by atoms with E-state index in [1.165, 1.54) is 16.8 Å². The van der Waals surface area contributed by atoms with Crippen molar-refractivity contribution in [2.75, 3.05) is 7.11 Å².